The summed E-state index contributed by atoms with van der Waals surface area (Å²) in [7, 11) is 0. The van der Waals surface area contributed by atoms with Gasteiger partial charge in [-0.05, 0) is 29.7 Å². The average Bonchev–Trinajstić information content (AvgIpc) is 2.39. The summed E-state index contributed by atoms with van der Waals surface area (Å²) in [5.74, 6) is 0.128. The lowest BCUT2D eigenvalue weighted by Gasteiger charge is -2.10. The summed E-state index contributed by atoms with van der Waals surface area (Å²) >= 11 is 0. The van der Waals surface area contributed by atoms with Crippen LogP contribution in [0, 0.1) is 10.8 Å². The molecule has 3 rings (SSSR count). The Morgan fingerprint density at radius 3 is 2.56 bits per heavy atom. The second kappa shape index (κ2) is 3.70. The number of phenols is 1. The minimum Gasteiger partial charge on any atom is -0.508 e. The maximum Gasteiger partial charge on any atom is 0.138 e. The molecule has 18 heavy (non-hydrogen) atoms. The van der Waals surface area contributed by atoms with Gasteiger partial charge in [-0.2, -0.15) is 0 Å². The lowest BCUT2D eigenvalue weighted by Crippen LogP contribution is -2.20. The van der Waals surface area contributed by atoms with Crippen LogP contribution >= 0.6 is 0 Å². The Bertz CT molecular complexity index is 833. The van der Waals surface area contributed by atoms with E-state index in [0.717, 1.165) is 22.6 Å². The fraction of sp³-hybridized carbons (Fsp3) is 0. The highest BCUT2D eigenvalue weighted by molar-refractivity contribution is 6.07. The van der Waals surface area contributed by atoms with Crippen molar-refractivity contribution in [2.75, 3.05) is 0 Å². The molecule has 0 amide bonds. The van der Waals surface area contributed by atoms with E-state index in [9.17, 15) is 5.11 Å². The maximum absolute atomic E-state index is 9.54. The molecule has 0 fully saturated rings. The summed E-state index contributed by atoms with van der Waals surface area (Å²) in [6.07, 6.45) is 1.12. The second-order valence-electron chi connectivity index (χ2n) is 4.09. The molecule has 0 saturated heterocycles. The molecule has 0 aliphatic heterocycles. The SMILES string of the molecule is N=Cn1c(=N)c2cc(O)ccc2c2ccccc21. The van der Waals surface area contributed by atoms with Crippen molar-refractivity contribution < 1.29 is 5.11 Å². The molecule has 0 aliphatic rings. The van der Waals surface area contributed by atoms with Crippen LogP contribution in [0.25, 0.3) is 21.7 Å². The summed E-state index contributed by atoms with van der Waals surface area (Å²) in [6, 6.07) is 12.6. The van der Waals surface area contributed by atoms with Crippen LogP contribution in [0.2, 0.25) is 0 Å². The highest BCUT2D eigenvalue weighted by Crippen LogP contribution is 2.24. The van der Waals surface area contributed by atoms with Gasteiger partial charge in [0.05, 0.1) is 11.9 Å². The van der Waals surface area contributed by atoms with Crippen LogP contribution in [0.1, 0.15) is 0 Å². The third kappa shape index (κ3) is 1.32. The molecule has 0 spiro atoms. The number of aromatic hydroxyl groups is 1. The monoisotopic (exact) mass is 237 g/mol. The minimum atomic E-state index is 0.128. The van der Waals surface area contributed by atoms with Crippen LogP contribution < -0.4 is 5.49 Å². The Balaban J connectivity index is 2.70. The first kappa shape index (κ1) is 10.5. The molecule has 3 N–H and O–H groups in total. The van der Waals surface area contributed by atoms with E-state index >= 15 is 0 Å². The summed E-state index contributed by atoms with van der Waals surface area (Å²) in [4.78, 5) is 0. The van der Waals surface area contributed by atoms with Crippen molar-refractivity contribution in [3.63, 3.8) is 0 Å². The molecule has 0 bridgehead atoms. The lowest BCUT2D eigenvalue weighted by atomic mass is 10.1. The fourth-order valence-electron chi connectivity index (χ4n) is 2.26. The Morgan fingerprint density at radius 2 is 1.78 bits per heavy atom. The number of nitrogens with zero attached hydrogens (tertiary/aromatic N) is 1. The molecule has 0 atom stereocenters. The summed E-state index contributed by atoms with van der Waals surface area (Å²) in [5.41, 5.74) is 1.02. The van der Waals surface area contributed by atoms with E-state index in [1.165, 1.54) is 4.57 Å². The molecule has 0 saturated carbocycles. The summed E-state index contributed by atoms with van der Waals surface area (Å²) in [5, 5.41) is 27.6. The van der Waals surface area contributed by atoms with E-state index < -0.39 is 0 Å². The fourth-order valence-corrected chi connectivity index (χ4v) is 2.26. The predicted octanol–water partition coefficient (Wildman–Crippen LogP) is 2.43. The third-order valence-electron chi connectivity index (χ3n) is 3.08. The van der Waals surface area contributed by atoms with Crippen LogP contribution in [-0.2, 0) is 0 Å². The number of hydrogen-bond acceptors (Lipinski definition) is 3. The van der Waals surface area contributed by atoms with Crippen molar-refractivity contribution in [3.8, 4) is 5.75 Å². The van der Waals surface area contributed by atoms with Gasteiger partial charge in [-0.25, -0.2) is 0 Å². The van der Waals surface area contributed by atoms with E-state index in [2.05, 4.69) is 0 Å². The number of benzene rings is 2. The molecule has 0 unspecified atom stereocenters. The molecular weight excluding hydrogens is 226 g/mol. The number of nitrogens with one attached hydrogen (secondary N) is 2. The van der Waals surface area contributed by atoms with E-state index in [1.807, 2.05) is 24.3 Å². The predicted molar refractivity (Wildman–Crippen MR) is 71.1 cm³/mol. The molecular formula is C14H11N3O. The molecule has 1 heterocycles. The highest BCUT2D eigenvalue weighted by atomic mass is 16.3. The van der Waals surface area contributed by atoms with Gasteiger partial charge >= 0.3 is 0 Å². The number of rotatable bonds is 1. The van der Waals surface area contributed by atoms with Gasteiger partial charge in [0.25, 0.3) is 0 Å². The van der Waals surface area contributed by atoms with E-state index in [1.54, 1.807) is 18.2 Å². The molecule has 0 aliphatic carbocycles. The number of para-hydroxylation sites is 1. The van der Waals surface area contributed by atoms with E-state index in [4.69, 9.17) is 10.8 Å². The second-order valence-corrected chi connectivity index (χ2v) is 4.09. The molecule has 88 valence electrons. The number of hydrogen-bond donors (Lipinski definition) is 3. The molecule has 1 aromatic heterocycles. The van der Waals surface area contributed by atoms with Gasteiger partial charge in [-0.3, -0.25) is 15.4 Å². The molecule has 2 aromatic carbocycles. The van der Waals surface area contributed by atoms with Crippen molar-refractivity contribution in [1.82, 2.24) is 4.57 Å². The smallest absolute Gasteiger partial charge is 0.138 e. The minimum absolute atomic E-state index is 0.128. The Kier molecular flexibility index (Phi) is 2.16. The Hall–Kier alpha value is -2.62. The number of pyridine rings is 1. The molecule has 0 radical (unpaired) electrons. The zero-order valence-corrected chi connectivity index (χ0v) is 9.51. The van der Waals surface area contributed by atoms with Gasteiger partial charge in [0.15, 0.2) is 0 Å². The Morgan fingerprint density at radius 1 is 1.00 bits per heavy atom. The largest absolute Gasteiger partial charge is 0.508 e. The first-order valence-corrected chi connectivity index (χ1v) is 5.53. The van der Waals surface area contributed by atoms with Crippen molar-refractivity contribution in [1.29, 1.82) is 10.8 Å². The zero-order valence-electron chi connectivity index (χ0n) is 9.51. The van der Waals surface area contributed by atoms with Gasteiger partial charge in [-0.15, -0.1) is 0 Å². The van der Waals surface area contributed by atoms with E-state index in [-0.39, 0.29) is 11.2 Å². The van der Waals surface area contributed by atoms with Crippen molar-refractivity contribution >= 4 is 28.0 Å². The van der Waals surface area contributed by atoms with Crippen molar-refractivity contribution in [3.05, 3.63) is 48.0 Å². The number of aromatic nitrogens is 1. The van der Waals surface area contributed by atoms with Crippen molar-refractivity contribution in [2.45, 2.75) is 0 Å². The van der Waals surface area contributed by atoms with Crippen molar-refractivity contribution in [2.24, 2.45) is 0 Å². The number of phenolic OH excluding ortho intramolecular Hbond substituents is 1. The maximum atomic E-state index is 9.54. The Labute approximate surface area is 103 Å². The molecule has 4 heteroatoms. The first-order chi connectivity index (χ1) is 8.72. The average molecular weight is 237 g/mol. The topological polar surface area (TPSA) is 72.9 Å². The van der Waals surface area contributed by atoms with Gasteiger partial charge in [0.2, 0.25) is 0 Å². The number of fused-ring (bicyclic) bond motifs is 3. The van der Waals surface area contributed by atoms with Crippen LogP contribution in [0.4, 0.5) is 0 Å². The van der Waals surface area contributed by atoms with Crippen LogP contribution in [0.15, 0.2) is 42.5 Å². The first-order valence-electron chi connectivity index (χ1n) is 5.53. The highest BCUT2D eigenvalue weighted by Gasteiger charge is 2.07. The zero-order chi connectivity index (χ0) is 12.7. The molecule has 3 aromatic rings. The van der Waals surface area contributed by atoms with Gasteiger partial charge in [-0.1, -0.05) is 18.2 Å². The normalized spacial score (nSPS) is 10.9. The third-order valence-corrected chi connectivity index (χ3v) is 3.08. The quantitative estimate of drug-likeness (QED) is 0.339. The van der Waals surface area contributed by atoms with Crippen LogP contribution in [-0.4, -0.2) is 16.0 Å². The lowest BCUT2D eigenvalue weighted by molar-refractivity contribution is 0.476. The van der Waals surface area contributed by atoms with Gasteiger partial charge in [0, 0.05) is 10.8 Å². The summed E-state index contributed by atoms with van der Waals surface area (Å²) < 4.78 is 1.50. The van der Waals surface area contributed by atoms with Crippen LogP contribution in [0.5, 0.6) is 5.75 Å². The standard InChI is InChI=1S/C14H11N3O/c15-8-17-13-4-2-1-3-11(13)10-6-5-9(18)7-12(10)14(17)16/h1-8,15-16,18H. The molecule has 4 nitrogen and oxygen atoms in total. The summed E-state index contributed by atoms with van der Waals surface area (Å²) in [6.45, 7) is 0. The van der Waals surface area contributed by atoms with Gasteiger partial charge in [0.1, 0.15) is 11.2 Å². The van der Waals surface area contributed by atoms with Crippen LogP contribution in [0.3, 0.4) is 0 Å². The van der Waals surface area contributed by atoms with Gasteiger partial charge < -0.3 is 5.11 Å². The van der Waals surface area contributed by atoms with E-state index in [0.29, 0.717) is 5.39 Å².